The fraction of sp³-hybridized carbons (Fsp3) is 0.130. The number of carbonyl (C=O) groups excluding carboxylic acids is 2. The highest BCUT2D eigenvalue weighted by molar-refractivity contribution is 5.98. The maximum atomic E-state index is 13.4. The molecule has 31 heavy (non-hydrogen) atoms. The van der Waals surface area contributed by atoms with E-state index in [4.69, 9.17) is 4.74 Å². The summed E-state index contributed by atoms with van der Waals surface area (Å²) in [6.45, 7) is -0.361. The Kier molecular flexibility index (Phi) is 7.16. The first kappa shape index (κ1) is 21.8. The Bertz CT molecular complexity index is 1010. The molecule has 0 aliphatic rings. The minimum atomic E-state index is -0.475. The molecule has 2 N–H and O–H groups in total. The van der Waals surface area contributed by atoms with Crippen molar-refractivity contribution in [3.05, 3.63) is 84.4 Å². The summed E-state index contributed by atoms with van der Waals surface area (Å²) in [7, 11) is 1.51. The number of carbonyl (C=O) groups is 2. The zero-order valence-corrected chi connectivity index (χ0v) is 16.8. The first-order valence-corrected chi connectivity index (χ1v) is 9.43. The number of benzene rings is 3. The molecule has 0 heterocycles. The van der Waals surface area contributed by atoms with Crippen LogP contribution in [-0.2, 0) is 9.59 Å². The van der Waals surface area contributed by atoms with E-state index in [2.05, 4.69) is 10.6 Å². The maximum absolute atomic E-state index is 13.4. The highest BCUT2D eigenvalue weighted by atomic mass is 19.1. The Balaban J connectivity index is 1.75. The number of amides is 2. The zero-order valence-electron chi connectivity index (χ0n) is 16.8. The Hall–Kier alpha value is -3.94. The molecule has 0 spiro atoms. The number of hydrogen-bond donors (Lipinski definition) is 2. The van der Waals surface area contributed by atoms with Crippen LogP contribution in [0.1, 0.15) is 0 Å². The standard InChI is InChI=1S/C23H21F2N3O3/c1-31-21-10-4-9-20(13-21)28(14-22(29)26-18-7-2-5-16(24)11-18)15-23(30)27-19-8-3-6-17(25)12-19/h2-13H,14-15H2,1H3,(H,26,29)(H,27,30). The Morgan fingerprint density at radius 3 is 1.81 bits per heavy atom. The minimum absolute atomic E-state index is 0.180. The molecular weight excluding hydrogens is 404 g/mol. The van der Waals surface area contributed by atoms with Crippen molar-refractivity contribution in [2.75, 3.05) is 35.7 Å². The molecule has 3 aromatic carbocycles. The Morgan fingerprint density at radius 2 is 1.32 bits per heavy atom. The number of nitrogens with one attached hydrogen (secondary N) is 2. The van der Waals surface area contributed by atoms with Crippen LogP contribution >= 0.6 is 0 Å². The summed E-state index contributed by atoms with van der Waals surface area (Å²) in [6.07, 6.45) is 0. The summed E-state index contributed by atoms with van der Waals surface area (Å²) in [4.78, 5) is 26.7. The fourth-order valence-corrected chi connectivity index (χ4v) is 2.93. The maximum Gasteiger partial charge on any atom is 0.243 e. The monoisotopic (exact) mass is 425 g/mol. The van der Waals surface area contributed by atoms with Crippen LogP contribution in [0.2, 0.25) is 0 Å². The van der Waals surface area contributed by atoms with Crippen molar-refractivity contribution in [2.24, 2.45) is 0 Å². The lowest BCUT2D eigenvalue weighted by Gasteiger charge is -2.24. The molecule has 8 heteroatoms. The first-order chi connectivity index (χ1) is 14.9. The van der Waals surface area contributed by atoms with E-state index in [0.29, 0.717) is 22.8 Å². The lowest BCUT2D eigenvalue weighted by Crippen LogP contribution is -2.39. The molecule has 0 atom stereocenters. The zero-order chi connectivity index (χ0) is 22.2. The quantitative estimate of drug-likeness (QED) is 0.571. The van der Waals surface area contributed by atoms with Gasteiger partial charge < -0.3 is 20.3 Å². The molecule has 0 bridgehead atoms. The summed E-state index contributed by atoms with van der Waals surface area (Å²) >= 11 is 0. The van der Waals surface area contributed by atoms with Crippen molar-refractivity contribution in [2.45, 2.75) is 0 Å². The average molecular weight is 425 g/mol. The molecule has 3 aromatic rings. The van der Waals surface area contributed by atoms with Gasteiger partial charge in [0.15, 0.2) is 0 Å². The van der Waals surface area contributed by atoms with Crippen LogP contribution < -0.4 is 20.3 Å². The van der Waals surface area contributed by atoms with Crippen LogP contribution in [0, 0.1) is 11.6 Å². The summed E-state index contributed by atoms with van der Waals surface area (Å²) in [6, 6.07) is 17.9. The molecule has 0 saturated carbocycles. The highest BCUT2D eigenvalue weighted by Gasteiger charge is 2.17. The number of ether oxygens (including phenoxy) is 1. The number of methoxy groups -OCH3 is 1. The topological polar surface area (TPSA) is 70.7 Å². The minimum Gasteiger partial charge on any atom is -0.497 e. The normalized spacial score (nSPS) is 10.3. The molecule has 6 nitrogen and oxygen atoms in total. The Morgan fingerprint density at radius 1 is 0.806 bits per heavy atom. The number of nitrogens with zero attached hydrogens (tertiary/aromatic N) is 1. The third-order valence-electron chi connectivity index (χ3n) is 4.30. The van der Waals surface area contributed by atoms with Crippen molar-refractivity contribution in [1.29, 1.82) is 0 Å². The molecule has 0 unspecified atom stereocenters. The second-order valence-corrected chi connectivity index (χ2v) is 6.67. The van der Waals surface area contributed by atoms with Gasteiger partial charge in [0.25, 0.3) is 0 Å². The van der Waals surface area contributed by atoms with Gasteiger partial charge in [-0.25, -0.2) is 8.78 Å². The Labute approximate surface area is 178 Å². The van der Waals surface area contributed by atoms with E-state index in [1.165, 1.54) is 48.4 Å². The van der Waals surface area contributed by atoms with Crippen molar-refractivity contribution >= 4 is 28.9 Å². The van der Waals surface area contributed by atoms with Crippen molar-refractivity contribution in [3.8, 4) is 5.75 Å². The van der Waals surface area contributed by atoms with E-state index in [9.17, 15) is 18.4 Å². The van der Waals surface area contributed by atoms with Gasteiger partial charge in [0.2, 0.25) is 11.8 Å². The molecule has 0 fully saturated rings. The number of anilines is 3. The van der Waals surface area contributed by atoms with Gasteiger partial charge in [0.1, 0.15) is 17.4 Å². The summed E-state index contributed by atoms with van der Waals surface area (Å²) in [5.41, 5.74) is 1.18. The fourth-order valence-electron chi connectivity index (χ4n) is 2.93. The molecule has 0 radical (unpaired) electrons. The van der Waals surface area contributed by atoms with Gasteiger partial charge in [-0.3, -0.25) is 9.59 Å². The van der Waals surface area contributed by atoms with Crippen LogP contribution in [0.3, 0.4) is 0 Å². The third-order valence-corrected chi connectivity index (χ3v) is 4.30. The smallest absolute Gasteiger partial charge is 0.243 e. The van der Waals surface area contributed by atoms with Crippen LogP contribution in [0.15, 0.2) is 72.8 Å². The van der Waals surface area contributed by atoms with Crippen LogP contribution in [0.4, 0.5) is 25.8 Å². The van der Waals surface area contributed by atoms with Crippen molar-refractivity contribution < 1.29 is 23.1 Å². The first-order valence-electron chi connectivity index (χ1n) is 9.43. The summed E-state index contributed by atoms with van der Waals surface area (Å²) < 4.78 is 32.0. The molecule has 160 valence electrons. The molecule has 3 rings (SSSR count). The van der Waals surface area contributed by atoms with Gasteiger partial charge in [-0.05, 0) is 48.5 Å². The molecular formula is C23H21F2N3O3. The van der Waals surface area contributed by atoms with Gasteiger partial charge in [0.05, 0.1) is 20.2 Å². The largest absolute Gasteiger partial charge is 0.497 e. The van der Waals surface area contributed by atoms with E-state index in [-0.39, 0.29) is 13.1 Å². The lowest BCUT2D eigenvalue weighted by molar-refractivity contribution is -0.115. The van der Waals surface area contributed by atoms with Crippen molar-refractivity contribution in [1.82, 2.24) is 0 Å². The molecule has 0 saturated heterocycles. The lowest BCUT2D eigenvalue weighted by atomic mass is 10.2. The second kappa shape index (κ2) is 10.2. The van der Waals surface area contributed by atoms with Gasteiger partial charge >= 0.3 is 0 Å². The average Bonchev–Trinajstić information content (AvgIpc) is 2.73. The molecule has 2 amide bonds. The predicted molar refractivity (Wildman–Crippen MR) is 115 cm³/mol. The predicted octanol–water partition coefficient (Wildman–Crippen LogP) is 4.06. The summed E-state index contributed by atoms with van der Waals surface area (Å²) in [5, 5.41) is 5.22. The number of rotatable bonds is 8. The van der Waals surface area contributed by atoms with Crippen LogP contribution in [0.5, 0.6) is 5.75 Å². The van der Waals surface area contributed by atoms with E-state index in [1.807, 2.05) is 0 Å². The number of halogens is 2. The SMILES string of the molecule is COc1cccc(N(CC(=O)Nc2cccc(F)c2)CC(=O)Nc2cccc(F)c2)c1. The number of hydrogen-bond acceptors (Lipinski definition) is 4. The van der Waals surface area contributed by atoms with E-state index >= 15 is 0 Å². The van der Waals surface area contributed by atoms with Crippen LogP contribution in [0.25, 0.3) is 0 Å². The van der Waals surface area contributed by atoms with Crippen LogP contribution in [-0.4, -0.2) is 32.0 Å². The van der Waals surface area contributed by atoms with Crippen molar-refractivity contribution in [3.63, 3.8) is 0 Å². The molecule has 0 aromatic heterocycles. The van der Waals surface area contributed by atoms with E-state index in [1.54, 1.807) is 36.4 Å². The molecule has 0 aliphatic heterocycles. The van der Waals surface area contributed by atoms with E-state index < -0.39 is 23.4 Å². The van der Waals surface area contributed by atoms with E-state index in [0.717, 1.165) is 0 Å². The third kappa shape index (κ3) is 6.53. The van der Waals surface area contributed by atoms with Gasteiger partial charge in [-0.1, -0.05) is 18.2 Å². The van der Waals surface area contributed by atoms with Gasteiger partial charge in [0, 0.05) is 23.1 Å². The summed E-state index contributed by atoms with van der Waals surface area (Å²) in [5.74, 6) is -1.27. The van der Waals surface area contributed by atoms with Gasteiger partial charge in [-0.15, -0.1) is 0 Å². The van der Waals surface area contributed by atoms with Gasteiger partial charge in [-0.2, -0.15) is 0 Å². The molecule has 0 aliphatic carbocycles. The highest BCUT2D eigenvalue weighted by Crippen LogP contribution is 2.21. The second-order valence-electron chi connectivity index (χ2n) is 6.67.